The number of thiazole rings is 1. The smallest absolute Gasteiger partial charge is 0.117 e. The maximum absolute atomic E-state index is 5.80. The summed E-state index contributed by atoms with van der Waals surface area (Å²) in [5, 5.41) is 4.39. The zero-order valence-electron chi connectivity index (χ0n) is 9.60. The van der Waals surface area contributed by atoms with Gasteiger partial charge in [-0.1, -0.05) is 17.2 Å². The van der Waals surface area contributed by atoms with Crippen molar-refractivity contribution in [3.63, 3.8) is 0 Å². The van der Waals surface area contributed by atoms with Gasteiger partial charge in [-0.15, -0.1) is 11.3 Å². The van der Waals surface area contributed by atoms with Gasteiger partial charge in [0.2, 0.25) is 0 Å². The average Bonchev–Trinajstić information content (AvgIpc) is 2.47. The van der Waals surface area contributed by atoms with Crippen molar-refractivity contribution >= 4 is 29.0 Å². The van der Waals surface area contributed by atoms with E-state index in [9.17, 15) is 0 Å². The van der Waals surface area contributed by atoms with Crippen LogP contribution in [0.3, 0.4) is 0 Å². The van der Waals surface area contributed by atoms with Crippen molar-refractivity contribution in [2.45, 2.75) is 33.2 Å². The van der Waals surface area contributed by atoms with Crippen LogP contribution in [0.2, 0.25) is 4.34 Å². The van der Waals surface area contributed by atoms with Crippen molar-refractivity contribution in [3.05, 3.63) is 21.1 Å². The molecule has 84 valence electrons. The van der Waals surface area contributed by atoms with Crippen LogP contribution < -0.4 is 5.32 Å². The molecule has 1 N–H and O–H groups in total. The maximum Gasteiger partial charge on any atom is 0.117 e. The Morgan fingerprint density at radius 1 is 1.60 bits per heavy atom. The quantitative estimate of drug-likeness (QED) is 0.879. The molecule has 1 aromatic heterocycles. The van der Waals surface area contributed by atoms with Gasteiger partial charge in [0.1, 0.15) is 9.34 Å². The summed E-state index contributed by atoms with van der Waals surface area (Å²) in [6, 6.07) is 0. The van der Waals surface area contributed by atoms with E-state index in [0.29, 0.717) is 0 Å². The highest BCUT2D eigenvalue weighted by molar-refractivity contribution is 7.16. The van der Waals surface area contributed by atoms with E-state index in [1.165, 1.54) is 16.9 Å². The molecular weight excluding hydrogens is 228 g/mol. The van der Waals surface area contributed by atoms with Crippen molar-refractivity contribution in [1.29, 1.82) is 0 Å². The van der Waals surface area contributed by atoms with E-state index in [1.54, 1.807) is 6.20 Å². The zero-order chi connectivity index (χ0) is 11.5. The first-order chi connectivity index (χ1) is 6.87. The van der Waals surface area contributed by atoms with Gasteiger partial charge in [-0.3, -0.25) is 0 Å². The fraction of sp³-hybridized carbons (Fsp3) is 0.545. The molecule has 0 fully saturated rings. The molecule has 0 spiro atoms. The van der Waals surface area contributed by atoms with E-state index in [4.69, 9.17) is 11.6 Å². The van der Waals surface area contributed by atoms with Crippen molar-refractivity contribution in [2.24, 2.45) is 0 Å². The minimum Gasteiger partial charge on any atom is -0.308 e. The van der Waals surface area contributed by atoms with E-state index in [2.05, 4.69) is 44.1 Å². The molecule has 0 atom stereocenters. The number of hydrogen-bond donors (Lipinski definition) is 1. The third kappa shape index (κ3) is 5.30. The summed E-state index contributed by atoms with van der Waals surface area (Å²) in [4.78, 5) is 4.18. The lowest BCUT2D eigenvalue weighted by atomic mass is 10.1. The van der Waals surface area contributed by atoms with E-state index >= 15 is 0 Å². The lowest BCUT2D eigenvalue weighted by Gasteiger charge is -2.20. The molecule has 2 nitrogen and oxygen atoms in total. The lowest BCUT2D eigenvalue weighted by Crippen LogP contribution is -2.36. The predicted octanol–water partition coefficient (Wildman–Crippen LogP) is 3.59. The summed E-state index contributed by atoms with van der Waals surface area (Å²) in [7, 11) is 0. The monoisotopic (exact) mass is 244 g/mol. The Bertz CT molecular complexity index is 350. The highest BCUT2D eigenvalue weighted by Gasteiger charge is 2.08. The molecule has 0 aliphatic rings. The van der Waals surface area contributed by atoms with Crippen LogP contribution in [0.5, 0.6) is 0 Å². The Labute approximate surface area is 100 Å². The third-order valence-electron chi connectivity index (χ3n) is 1.76. The van der Waals surface area contributed by atoms with Gasteiger partial charge in [-0.25, -0.2) is 4.98 Å². The van der Waals surface area contributed by atoms with E-state index in [0.717, 1.165) is 15.9 Å². The van der Waals surface area contributed by atoms with Crippen LogP contribution in [0, 0.1) is 0 Å². The summed E-state index contributed by atoms with van der Waals surface area (Å²) in [6.45, 7) is 9.43. The largest absolute Gasteiger partial charge is 0.308 e. The Kier molecular flexibility index (Phi) is 4.32. The second kappa shape index (κ2) is 5.10. The molecule has 0 unspecified atom stereocenters. The molecule has 0 amide bonds. The number of halogens is 1. The SMILES string of the molecule is C/C(=C/c1ncc(Cl)s1)CNC(C)(C)C. The highest BCUT2D eigenvalue weighted by atomic mass is 35.5. The molecule has 0 aliphatic carbocycles. The predicted molar refractivity (Wildman–Crippen MR) is 68.5 cm³/mol. The van der Waals surface area contributed by atoms with Crippen molar-refractivity contribution in [3.8, 4) is 0 Å². The molecule has 0 aliphatic heterocycles. The van der Waals surface area contributed by atoms with E-state index in [1.807, 2.05) is 0 Å². The van der Waals surface area contributed by atoms with Gasteiger partial charge in [0, 0.05) is 12.1 Å². The van der Waals surface area contributed by atoms with Gasteiger partial charge >= 0.3 is 0 Å². The first-order valence-electron chi connectivity index (χ1n) is 4.90. The van der Waals surface area contributed by atoms with Gasteiger partial charge in [-0.2, -0.15) is 0 Å². The van der Waals surface area contributed by atoms with Gasteiger partial charge in [0.25, 0.3) is 0 Å². The molecule has 0 bridgehead atoms. The molecule has 0 radical (unpaired) electrons. The van der Waals surface area contributed by atoms with Crippen LogP contribution in [-0.4, -0.2) is 17.1 Å². The Morgan fingerprint density at radius 3 is 2.73 bits per heavy atom. The Balaban J connectivity index is 2.53. The first kappa shape index (κ1) is 12.7. The standard InChI is InChI=1S/C11H17ClN2S/c1-8(6-14-11(2,3)4)5-10-13-7-9(12)15-10/h5,7,14H,6H2,1-4H3/b8-5-. The van der Waals surface area contributed by atoms with Crippen LogP contribution in [0.15, 0.2) is 11.8 Å². The zero-order valence-corrected chi connectivity index (χ0v) is 11.2. The van der Waals surface area contributed by atoms with Gasteiger partial charge in [0.05, 0.1) is 6.20 Å². The second-order valence-electron chi connectivity index (χ2n) is 4.60. The maximum atomic E-state index is 5.80. The van der Waals surface area contributed by atoms with E-state index < -0.39 is 0 Å². The highest BCUT2D eigenvalue weighted by Crippen LogP contribution is 2.20. The number of hydrogen-bond acceptors (Lipinski definition) is 3. The summed E-state index contributed by atoms with van der Waals surface area (Å²) < 4.78 is 0.734. The Hall–Kier alpha value is -0.380. The normalized spacial score (nSPS) is 13.3. The number of rotatable bonds is 3. The lowest BCUT2D eigenvalue weighted by molar-refractivity contribution is 0.445. The number of aromatic nitrogens is 1. The molecule has 0 saturated heterocycles. The summed E-state index contributed by atoms with van der Waals surface area (Å²) in [5.74, 6) is 0. The van der Waals surface area contributed by atoms with Crippen LogP contribution >= 0.6 is 22.9 Å². The average molecular weight is 245 g/mol. The fourth-order valence-electron chi connectivity index (χ4n) is 1.00. The minimum absolute atomic E-state index is 0.148. The van der Waals surface area contributed by atoms with Crippen molar-refractivity contribution < 1.29 is 0 Å². The van der Waals surface area contributed by atoms with Gasteiger partial charge < -0.3 is 5.32 Å². The summed E-state index contributed by atoms with van der Waals surface area (Å²) in [5.41, 5.74) is 1.41. The molecule has 1 rings (SSSR count). The van der Waals surface area contributed by atoms with Crippen molar-refractivity contribution in [1.82, 2.24) is 10.3 Å². The molecule has 4 heteroatoms. The topological polar surface area (TPSA) is 24.9 Å². The van der Waals surface area contributed by atoms with Gasteiger partial charge in [0.15, 0.2) is 0 Å². The van der Waals surface area contributed by atoms with Crippen LogP contribution in [0.4, 0.5) is 0 Å². The fourth-order valence-corrected chi connectivity index (χ4v) is 1.96. The number of nitrogens with one attached hydrogen (secondary N) is 1. The molecule has 15 heavy (non-hydrogen) atoms. The second-order valence-corrected chi connectivity index (χ2v) is 6.29. The molecular formula is C11H17ClN2S. The number of nitrogens with zero attached hydrogens (tertiary/aromatic N) is 1. The Morgan fingerprint density at radius 2 is 2.27 bits per heavy atom. The summed E-state index contributed by atoms with van der Waals surface area (Å²) in [6.07, 6.45) is 3.75. The van der Waals surface area contributed by atoms with Crippen LogP contribution in [0.25, 0.3) is 6.08 Å². The van der Waals surface area contributed by atoms with Crippen LogP contribution in [-0.2, 0) is 0 Å². The third-order valence-corrected chi connectivity index (χ3v) is 2.82. The van der Waals surface area contributed by atoms with E-state index in [-0.39, 0.29) is 5.54 Å². The molecule has 1 heterocycles. The summed E-state index contributed by atoms with van der Waals surface area (Å²) >= 11 is 7.30. The molecule has 0 saturated carbocycles. The van der Waals surface area contributed by atoms with Gasteiger partial charge in [-0.05, 0) is 33.8 Å². The van der Waals surface area contributed by atoms with Crippen LogP contribution in [0.1, 0.15) is 32.7 Å². The minimum atomic E-state index is 0.148. The first-order valence-corrected chi connectivity index (χ1v) is 6.10. The molecule has 0 aromatic carbocycles. The molecule has 1 aromatic rings. The van der Waals surface area contributed by atoms with Crippen molar-refractivity contribution in [2.75, 3.05) is 6.54 Å².